The summed E-state index contributed by atoms with van der Waals surface area (Å²) < 4.78 is 1.91. The maximum atomic E-state index is 11.1. The van der Waals surface area contributed by atoms with Gasteiger partial charge >= 0.3 is 5.97 Å². The zero-order valence-corrected chi connectivity index (χ0v) is 12.5. The number of fused-ring (bicyclic) bond motifs is 1. The Morgan fingerprint density at radius 1 is 1.57 bits per heavy atom. The lowest BCUT2D eigenvalue weighted by molar-refractivity contribution is -0.385. The van der Waals surface area contributed by atoms with Crippen LogP contribution < -0.4 is 5.32 Å². The second-order valence-corrected chi connectivity index (χ2v) is 5.62. The summed E-state index contributed by atoms with van der Waals surface area (Å²) >= 11 is 0. The van der Waals surface area contributed by atoms with Gasteiger partial charge in [0.1, 0.15) is 6.04 Å². The lowest BCUT2D eigenvalue weighted by atomic mass is 10.0. The van der Waals surface area contributed by atoms with Crippen LogP contribution in [-0.4, -0.2) is 31.6 Å². The second kappa shape index (κ2) is 5.81. The second-order valence-electron chi connectivity index (χ2n) is 5.62. The van der Waals surface area contributed by atoms with Gasteiger partial charge in [0, 0.05) is 36.8 Å². The summed E-state index contributed by atoms with van der Waals surface area (Å²) in [7, 11) is 0. The van der Waals surface area contributed by atoms with E-state index in [4.69, 9.17) is 5.11 Å². The van der Waals surface area contributed by atoms with Crippen molar-refractivity contribution in [1.29, 1.82) is 0 Å². The molecule has 0 bridgehead atoms. The summed E-state index contributed by atoms with van der Waals surface area (Å²) in [5.41, 5.74) is 3.36. The van der Waals surface area contributed by atoms with E-state index in [0.29, 0.717) is 25.1 Å². The van der Waals surface area contributed by atoms with E-state index < -0.39 is 16.9 Å². The molecular weight excluding hydrogens is 300 g/mol. The Morgan fingerprint density at radius 2 is 2.35 bits per heavy atom. The number of nitro benzene ring substituents is 1. The highest BCUT2D eigenvalue weighted by Gasteiger charge is 2.27. The molecule has 0 saturated heterocycles. The highest BCUT2D eigenvalue weighted by Crippen LogP contribution is 2.21. The normalized spacial score (nSPS) is 16.8. The van der Waals surface area contributed by atoms with Gasteiger partial charge in [-0.15, -0.1) is 0 Å². The van der Waals surface area contributed by atoms with Crippen LogP contribution in [0, 0.1) is 17.0 Å². The molecule has 23 heavy (non-hydrogen) atoms. The SMILES string of the molecule is Cc1cc(Cn2cnc3c2CC(C(=O)O)NC3)ccc1[N+](=O)[O-]. The molecule has 3 rings (SSSR count). The van der Waals surface area contributed by atoms with Crippen LogP contribution in [0.2, 0.25) is 0 Å². The predicted molar refractivity (Wildman–Crippen MR) is 81.1 cm³/mol. The number of aliphatic carboxylic acids is 1. The van der Waals surface area contributed by atoms with Crippen LogP contribution in [0.1, 0.15) is 22.5 Å². The fraction of sp³-hybridized carbons (Fsp3) is 0.333. The first-order chi connectivity index (χ1) is 11.0. The van der Waals surface area contributed by atoms with Gasteiger partial charge in [-0.2, -0.15) is 0 Å². The molecule has 0 fully saturated rings. The molecule has 0 amide bonds. The van der Waals surface area contributed by atoms with Crippen molar-refractivity contribution in [2.24, 2.45) is 0 Å². The van der Waals surface area contributed by atoms with Crippen LogP contribution in [0.3, 0.4) is 0 Å². The van der Waals surface area contributed by atoms with E-state index in [-0.39, 0.29) is 5.69 Å². The predicted octanol–water partition coefficient (Wildman–Crippen LogP) is 1.25. The minimum Gasteiger partial charge on any atom is -0.480 e. The minimum atomic E-state index is -0.880. The summed E-state index contributed by atoms with van der Waals surface area (Å²) in [5, 5.41) is 22.9. The summed E-state index contributed by atoms with van der Waals surface area (Å²) in [6, 6.07) is 4.37. The monoisotopic (exact) mass is 316 g/mol. The molecule has 8 nitrogen and oxygen atoms in total. The number of imidazole rings is 1. The Labute approximate surface area is 131 Å². The van der Waals surface area contributed by atoms with Crippen molar-refractivity contribution in [3.63, 3.8) is 0 Å². The van der Waals surface area contributed by atoms with Crippen LogP contribution >= 0.6 is 0 Å². The van der Waals surface area contributed by atoms with Crippen molar-refractivity contribution < 1.29 is 14.8 Å². The van der Waals surface area contributed by atoms with Gasteiger partial charge < -0.3 is 9.67 Å². The van der Waals surface area contributed by atoms with E-state index in [1.165, 1.54) is 6.07 Å². The zero-order valence-electron chi connectivity index (χ0n) is 12.5. The molecule has 120 valence electrons. The van der Waals surface area contributed by atoms with E-state index in [2.05, 4.69) is 10.3 Å². The Kier molecular flexibility index (Phi) is 3.83. The molecule has 1 aromatic heterocycles. The molecule has 1 aliphatic heterocycles. The standard InChI is InChI=1S/C15H16N4O4/c1-9-4-10(2-3-13(9)19(22)23)7-18-8-17-12-6-16-11(15(20)21)5-14(12)18/h2-4,8,11,16H,5-7H2,1H3,(H,20,21). The zero-order chi connectivity index (χ0) is 16.6. The fourth-order valence-corrected chi connectivity index (χ4v) is 2.85. The lowest BCUT2D eigenvalue weighted by Gasteiger charge is -2.21. The van der Waals surface area contributed by atoms with E-state index in [9.17, 15) is 14.9 Å². The highest BCUT2D eigenvalue weighted by molar-refractivity contribution is 5.74. The lowest BCUT2D eigenvalue weighted by Crippen LogP contribution is -2.42. The van der Waals surface area contributed by atoms with Gasteiger partial charge in [0.25, 0.3) is 5.69 Å². The average Bonchev–Trinajstić information content (AvgIpc) is 2.89. The number of nitrogens with zero attached hydrogens (tertiary/aromatic N) is 3. The molecule has 0 spiro atoms. The Hall–Kier alpha value is -2.74. The Morgan fingerprint density at radius 3 is 3.00 bits per heavy atom. The van der Waals surface area contributed by atoms with Crippen molar-refractivity contribution in [3.8, 4) is 0 Å². The largest absolute Gasteiger partial charge is 0.480 e. The molecule has 1 aromatic carbocycles. The summed E-state index contributed by atoms with van der Waals surface area (Å²) in [6.07, 6.45) is 2.06. The maximum Gasteiger partial charge on any atom is 0.321 e. The van der Waals surface area contributed by atoms with Gasteiger partial charge in [0.2, 0.25) is 0 Å². The summed E-state index contributed by atoms with van der Waals surface area (Å²) in [6.45, 7) is 2.64. The average molecular weight is 316 g/mol. The van der Waals surface area contributed by atoms with Gasteiger partial charge in [0.05, 0.1) is 16.9 Å². The number of aromatic nitrogens is 2. The number of benzene rings is 1. The number of hydrogen-bond acceptors (Lipinski definition) is 5. The van der Waals surface area contributed by atoms with Crippen LogP contribution in [-0.2, 0) is 24.3 Å². The van der Waals surface area contributed by atoms with E-state index >= 15 is 0 Å². The molecule has 2 aromatic rings. The van der Waals surface area contributed by atoms with Gasteiger partial charge in [-0.25, -0.2) is 4.98 Å². The fourth-order valence-electron chi connectivity index (χ4n) is 2.85. The van der Waals surface area contributed by atoms with Gasteiger partial charge in [0.15, 0.2) is 0 Å². The molecule has 0 saturated carbocycles. The number of aryl methyl sites for hydroxylation is 1. The summed E-state index contributed by atoms with van der Waals surface area (Å²) in [4.78, 5) is 25.9. The third-order valence-electron chi connectivity index (χ3n) is 4.06. The van der Waals surface area contributed by atoms with E-state index in [1.807, 2.05) is 4.57 Å². The van der Waals surface area contributed by atoms with Gasteiger partial charge in [-0.05, 0) is 18.6 Å². The third-order valence-corrected chi connectivity index (χ3v) is 4.06. The van der Waals surface area contributed by atoms with Gasteiger partial charge in [-0.3, -0.25) is 20.2 Å². The van der Waals surface area contributed by atoms with Crippen molar-refractivity contribution in [2.75, 3.05) is 0 Å². The Bertz CT molecular complexity index is 784. The van der Waals surface area contributed by atoms with Crippen LogP contribution in [0.15, 0.2) is 24.5 Å². The van der Waals surface area contributed by atoms with Crippen molar-refractivity contribution in [2.45, 2.75) is 32.5 Å². The molecule has 0 radical (unpaired) electrons. The molecule has 1 unspecified atom stereocenters. The number of hydrogen-bond donors (Lipinski definition) is 2. The topological polar surface area (TPSA) is 110 Å². The maximum absolute atomic E-state index is 11.1. The Balaban J connectivity index is 1.85. The van der Waals surface area contributed by atoms with Crippen molar-refractivity contribution in [1.82, 2.24) is 14.9 Å². The van der Waals surface area contributed by atoms with Crippen LogP contribution in [0.4, 0.5) is 5.69 Å². The molecular formula is C15H16N4O4. The summed E-state index contributed by atoms with van der Waals surface area (Å²) in [5.74, 6) is -0.880. The number of carbonyl (C=O) groups is 1. The van der Waals surface area contributed by atoms with Crippen LogP contribution in [0.5, 0.6) is 0 Å². The quantitative estimate of drug-likeness (QED) is 0.649. The molecule has 2 heterocycles. The number of nitro groups is 1. The van der Waals surface area contributed by atoms with Crippen LogP contribution in [0.25, 0.3) is 0 Å². The van der Waals surface area contributed by atoms with E-state index in [0.717, 1.165) is 17.0 Å². The first-order valence-corrected chi connectivity index (χ1v) is 7.18. The third kappa shape index (κ3) is 2.93. The molecule has 8 heteroatoms. The first kappa shape index (κ1) is 15.2. The molecule has 0 aliphatic carbocycles. The van der Waals surface area contributed by atoms with Crippen molar-refractivity contribution in [3.05, 3.63) is 57.2 Å². The molecule has 1 aliphatic rings. The van der Waals surface area contributed by atoms with E-state index in [1.54, 1.807) is 25.4 Å². The molecule has 1 atom stereocenters. The van der Waals surface area contributed by atoms with Crippen molar-refractivity contribution >= 4 is 11.7 Å². The smallest absolute Gasteiger partial charge is 0.321 e. The first-order valence-electron chi connectivity index (χ1n) is 7.18. The van der Waals surface area contributed by atoms with Gasteiger partial charge in [-0.1, -0.05) is 6.07 Å². The minimum absolute atomic E-state index is 0.0940. The number of carboxylic acid groups (broad SMARTS) is 1. The number of nitrogens with one attached hydrogen (secondary N) is 1. The number of carboxylic acids is 1. The number of rotatable bonds is 4. The highest BCUT2D eigenvalue weighted by atomic mass is 16.6. The molecule has 2 N–H and O–H groups in total.